The van der Waals surface area contributed by atoms with E-state index in [1.165, 1.54) is 0 Å². The Morgan fingerprint density at radius 3 is 2.67 bits per heavy atom. The molecule has 1 heterocycles. The highest BCUT2D eigenvalue weighted by molar-refractivity contribution is 6.32. The van der Waals surface area contributed by atoms with Gasteiger partial charge in [0, 0.05) is 25.2 Å². The minimum absolute atomic E-state index is 0.668. The minimum atomic E-state index is 0.668. The van der Waals surface area contributed by atoms with Gasteiger partial charge in [0.2, 0.25) is 0 Å². The highest BCUT2D eigenvalue weighted by Crippen LogP contribution is 2.26. The lowest BCUT2D eigenvalue weighted by molar-refractivity contribution is 0.199. The fraction of sp³-hybridized carbons (Fsp3) is 0.400. The number of nitrogens with one attached hydrogen (secondary N) is 1. The molecule has 0 radical (unpaired) electrons. The Bertz CT molecular complexity index is 626. The van der Waals surface area contributed by atoms with Crippen molar-refractivity contribution in [3.05, 3.63) is 45.2 Å². The number of nitrogens with zero attached hydrogens (tertiary/aromatic N) is 2. The zero-order valence-electron chi connectivity index (χ0n) is 12.4. The molecule has 6 heteroatoms. The molecule has 0 bridgehead atoms. The van der Waals surface area contributed by atoms with Crippen LogP contribution in [-0.2, 0) is 11.3 Å². The highest BCUT2D eigenvalue weighted by atomic mass is 35.5. The minimum Gasteiger partial charge on any atom is -0.383 e. The summed E-state index contributed by atoms with van der Waals surface area (Å²) in [6.07, 6.45) is 0. The molecule has 2 aromatic rings. The molecular weight excluding hydrogens is 309 g/mol. The van der Waals surface area contributed by atoms with Crippen molar-refractivity contribution in [2.75, 3.05) is 20.3 Å². The third-order valence-corrected chi connectivity index (χ3v) is 4.05. The van der Waals surface area contributed by atoms with E-state index in [0.717, 1.165) is 29.2 Å². The van der Waals surface area contributed by atoms with Gasteiger partial charge in [0.1, 0.15) is 0 Å². The van der Waals surface area contributed by atoms with Gasteiger partial charge in [-0.05, 0) is 37.6 Å². The van der Waals surface area contributed by atoms with Crippen molar-refractivity contribution >= 4 is 23.2 Å². The summed E-state index contributed by atoms with van der Waals surface area (Å²) in [4.78, 5) is 0. The van der Waals surface area contributed by atoms with Crippen LogP contribution >= 0.6 is 23.2 Å². The van der Waals surface area contributed by atoms with E-state index in [4.69, 9.17) is 27.9 Å². The van der Waals surface area contributed by atoms with Gasteiger partial charge >= 0.3 is 0 Å². The molecule has 0 atom stereocenters. The van der Waals surface area contributed by atoms with Gasteiger partial charge < -0.3 is 10.1 Å². The average Bonchev–Trinajstić information content (AvgIpc) is 2.71. The third-order valence-electron chi connectivity index (χ3n) is 3.27. The van der Waals surface area contributed by atoms with E-state index in [1.54, 1.807) is 7.11 Å². The quantitative estimate of drug-likeness (QED) is 0.825. The van der Waals surface area contributed by atoms with Crippen molar-refractivity contribution in [1.29, 1.82) is 0 Å². The van der Waals surface area contributed by atoms with E-state index in [2.05, 4.69) is 10.4 Å². The van der Waals surface area contributed by atoms with Crippen molar-refractivity contribution in [2.45, 2.75) is 20.4 Å². The Kier molecular flexibility index (Phi) is 5.65. The van der Waals surface area contributed by atoms with Crippen molar-refractivity contribution < 1.29 is 4.74 Å². The summed E-state index contributed by atoms with van der Waals surface area (Å²) >= 11 is 12.3. The fourth-order valence-corrected chi connectivity index (χ4v) is 2.47. The summed E-state index contributed by atoms with van der Waals surface area (Å²) in [5.41, 5.74) is 3.80. The van der Waals surface area contributed by atoms with Crippen LogP contribution in [0.3, 0.4) is 0 Å². The SMILES string of the molecule is COCCNCc1cc(Cl)ccc1-n1nc(C)c(Cl)c1C. The van der Waals surface area contributed by atoms with E-state index < -0.39 is 0 Å². The molecule has 0 unspecified atom stereocenters. The summed E-state index contributed by atoms with van der Waals surface area (Å²) in [7, 11) is 1.68. The van der Waals surface area contributed by atoms with Crippen LogP contribution in [0.5, 0.6) is 0 Å². The number of methoxy groups -OCH3 is 1. The molecule has 0 aliphatic carbocycles. The monoisotopic (exact) mass is 327 g/mol. The summed E-state index contributed by atoms with van der Waals surface area (Å²) in [5.74, 6) is 0. The van der Waals surface area contributed by atoms with Crippen LogP contribution in [0.1, 0.15) is 17.0 Å². The van der Waals surface area contributed by atoms with Crippen molar-refractivity contribution in [2.24, 2.45) is 0 Å². The van der Waals surface area contributed by atoms with E-state index in [1.807, 2.05) is 36.7 Å². The van der Waals surface area contributed by atoms with Gasteiger partial charge in [-0.25, -0.2) is 4.68 Å². The first-order valence-electron chi connectivity index (χ1n) is 6.74. The first kappa shape index (κ1) is 16.3. The first-order valence-corrected chi connectivity index (χ1v) is 7.50. The molecule has 1 aromatic heterocycles. The van der Waals surface area contributed by atoms with E-state index >= 15 is 0 Å². The average molecular weight is 328 g/mol. The Morgan fingerprint density at radius 1 is 1.29 bits per heavy atom. The molecule has 1 aromatic carbocycles. The first-order chi connectivity index (χ1) is 10.0. The number of hydrogen-bond acceptors (Lipinski definition) is 3. The van der Waals surface area contributed by atoms with Gasteiger partial charge in [0.15, 0.2) is 0 Å². The molecule has 4 nitrogen and oxygen atoms in total. The van der Waals surface area contributed by atoms with E-state index in [0.29, 0.717) is 23.2 Å². The van der Waals surface area contributed by atoms with E-state index in [-0.39, 0.29) is 0 Å². The Balaban J connectivity index is 2.32. The van der Waals surface area contributed by atoms with Crippen LogP contribution in [0, 0.1) is 13.8 Å². The van der Waals surface area contributed by atoms with Crippen LogP contribution in [-0.4, -0.2) is 30.0 Å². The molecule has 2 rings (SSSR count). The third kappa shape index (κ3) is 3.77. The maximum Gasteiger partial charge on any atom is 0.0848 e. The summed E-state index contributed by atoms with van der Waals surface area (Å²) in [6.45, 7) is 5.99. The second-order valence-electron chi connectivity index (χ2n) is 4.84. The molecular formula is C15H19Cl2N3O. The highest BCUT2D eigenvalue weighted by Gasteiger charge is 2.13. The molecule has 0 spiro atoms. The summed E-state index contributed by atoms with van der Waals surface area (Å²) in [5, 5.41) is 9.23. The maximum atomic E-state index is 6.24. The summed E-state index contributed by atoms with van der Waals surface area (Å²) in [6, 6.07) is 5.77. The number of aryl methyl sites for hydroxylation is 1. The van der Waals surface area contributed by atoms with Gasteiger partial charge in [0.25, 0.3) is 0 Å². The molecule has 0 fully saturated rings. The second kappa shape index (κ2) is 7.27. The van der Waals surface area contributed by atoms with Crippen molar-refractivity contribution in [3.63, 3.8) is 0 Å². The number of benzene rings is 1. The van der Waals surface area contributed by atoms with Gasteiger partial charge in [-0.1, -0.05) is 23.2 Å². The smallest absolute Gasteiger partial charge is 0.0848 e. The Hall–Kier alpha value is -1.07. The maximum absolute atomic E-state index is 6.24. The zero-order valence-corrected chi connectivity index (χ0v) is 13.9. The molecule has 21 heavy (non-hydrogen) atoms. The van der Waals surface area contributed by atoms with E-state index in [9.17, 15) is 0 Å². The van der Waals surface area contributed by atoms with Crippen molar-refractivity contribution in [1.82, 2.24) is 15.1 Å². The molecule has 0 saturated heterocycles. The standard InChI is InChI=1S/C15H19Cl2N3O/c1-10-15(17)11(2)20(19-10)14-5-4-13(16)8-12(14)9-18-6-7-21-3/h4-5,8,18H,6-7,9H2,1-3H3. The van der Waals surface area contributed by atoms with Gasteiger partial charge in [0.05, 0.1) is 28.7 Å². The van der Waals surface area contributed by atoms with Crippen LogP contribution in [0.2, 0.25) is 10.0 Å². The molecule has 0 aliphatic rings. The Labute approximate surface area is 135 Å². The topological polar surface area (TPSA) is 39.1 Å². The van der Waals surface area contributed by atoms with Gasteiger partial charge in [-0.3, -0.25) is 0 Å². The van der Waals surface area contributed by atoms with Gasteiger partial charge in [-0.15, -0.1) is 0 Å². The number of rotatable bonds is 6. The predicted molar refractivity (Wildman–Crippen MR) is 86.6 cm³/mol. The molecule has 0 amide bonds. The lowest BCUT2D eigenvalue weighted by Crippen LogP contribution is -2.20. The number of hydrogen-bond donors (Lipinski definition) is 1. The molecule has 114 valence electrons. The largest absolute Gasteiger partial charge is 0.383 e. The zero-order chi connectivity index (χ0) is 15.4. The number of ether oxygens (including phenoxy) is 1. The lowest BCUT2D eigenvalue weighted by Gasteiger charge is -2.13. The number of halogens is 2. The molecule has 1 N–H and O–H groups in total. The number of aromatic nitrogens is 2. The fourth-order valence-electron chi connectivity index (χ4n) is 2.16. The molecule has 0 aliphatic heterocycles. The second-order valence-corrected chi connectivity index (χ2v) is 5.65. The normalized spacial score (nSPS) is 11.1. The lowest BCUT2D eigenvalue weighted by atomic mass is 10.1. The Morgan fingerprint density at radius 2 is 2.05 bits per heavy atom. The molecule has 0 saturated carbocycles. The predicted octanol–water partition coefficient (Wildman–Crippen LogP) is 3.53. The van der Waals surface area contributed by atoms with Crippen LogP contribution in [0.4, 0.5) is 0 Å². The van der Waals surface area contributed by atoms with Gasteiger partial charge in [-0.2, -0.15) is 5.10 Å². The van der Waals surface area contributed by atoms with Crippen LogP contribution < -0.4 is 5.32 Å². The van der Waals surface area contributed by atoms with Crippen LogP contribution in [0.25, 0.3) is 5.69 Å². The van der Waals surface area contributed by atoms with Crippen molar-refractivity contribution in [3.8, 4) is 5.69 Å². The van der Waals surface area contributed by atoms with Crippen LogP contribution in [0.15, 0.2) is 18.2 Å². The summed E-state index contributed by atoms with van der Waals surface area (Å²) < 4.78 is 6.90.